The minimum Gasteiger partial charge on any atom is -0.387 e. The Morgan fingerprint density at radius 2 is 1.57 bits per heavy atom. The third-order valence-corrected chi connectivity index (χ3v) is 3.63. The molecule has 2 aromatic rings. The molecule has 0 aliphatic heterocycles. The van der Waals surface area contributed by atoms with E-state index in [1.54, 1.807) is 0 Å². The van der Waals surface area contributed by atoms with Crippen LogP contribution in [0.4, 0.5) is 0 Å². The standard InChI is InChI=1S/C18H24N2O/c1-14(19)16-8-10-17(11-9-16)18(21)13-20(2)12-15-6-4-3-5-7-15/h3-11,14,18,21H,12-13,19H2,1-2H3/t14-,18?/m0/s1. The van der Waals surface area contributed by atoms with Gasteiger partial charge in [-0.3, -0.25) is 4.90 Å². The maximum Gasteiger partial charge on any atom is 0.0916 e. The van der Waals surface area contributed by atoms with Crippen LogP contribution in [0.25, 0.3) is 0 Å². The average molecular weight is 284 g/mol. The Bertz CT molecular complexity index is 537. The molecule has 0 amide bonds. The predicted molar refractivity (Wildman–Crippen MR) is 86.8 cm³/mol. The molecule has 1 unspecified atom stereocenters. The Labute approximate surface area is 127 Å². The fraction of sp³-hybridized carbons (Fsp3) is 0.333. The van der Waals surface area contributed by atoms with E-state index in [-0.39, 0.29) is 6.04 Å². The first-order valence-electron chi connectivity index (χ1n) is 7.32. The first kappa shape index (κ1) is 15.7. The zero-order valence-electron chi connectivity index (χ0n) is 12.7. The van der Waals surface area contributed by atoms with Crippen molar-refractivity contribution in [1.82, 2.24) is 4.90 Å². The molecule has 21 heavy (non-hydrogen) atoms. The highest BCUT2D eigenvalue weighted by atomic mass is 16.3. The van der Waals surface area contributed by atoms with Crippen LogP contribution in [0.2, 0.25) is 0 Å². The van der Waals surface area contributed by atoms with E-state index >= 15 is 0 Å². The van der Waals surface area contributed by atoms with Crippen molar-refractivity contribution in [1.29, 1.82) is 0 Å². The molecular formula is C18H24N2O. The lowest BCUT2D eigenvalue weighted by Crippen LogP contribution is -2.24. The number of likely N-dealkylation sites (N-methyl/N-ethyl adjacent to an activating group) is 1. The molecule has 0 fully saturated rings. The van der Waals surface area contributed by atoms with Crippen LogP contribution in [0.1, 0.15) is 35.8 Å². The van der Waals surface area contributed by atoms with Crippen molar-refractivity contribution >= 4 is 0 Å². The Hall–Kier alpha value is -1.68. The highest BCUT2D eigenvalue weighted by molar-refractivity contribution is 5.26. The maximum absolute atomic E-state index is 10.3. The lowest BCUT2D eigenvalue weighted by atomic mass is 10.0. The number of rotatable bonds is 6. The number of nitrogens with zero attached hydrogens (tertiary/aromatic N) is 1. The normalized spacial score (nSPS) is 14.1. The van der Waals surface area contributed by atoms with Crippen molar-refractivity contribution < 1.29 is 5.11 Å². The van der Waals surface area contributed by atoms with Crippen LogP contribution in [-0.4, -0.2) is 23.6 Å². The van der Waals surface area contributed by atoms with E-state index in [0.29, 0.717) is 6.54 Å². The summed E-state index contributed by atoms with van der Waals surface area (Å²) in [7, 11) is 2.02. The molecular weight excluding hydrogens is 260 g/mol. The molecule has 0 aromatic heterocycles. The zero-order valence-corrected chi connectivity index (χ0v) is 12.7. The smallest absolute Gasteiger partial charge is 0.0916 e. The molecule has 0 saturated heterocycles. The van der Waals surface area contributed by atoms with Gasteiger partial charge in [-0.2, -0.15) is 0 Å². The van der Waals surface area contributed by atoms with Gasteiger partial charge >= 0.3 is 0 Å². The number of hydrogen-bond donors (Lipinski definition) is 2. The molecule has 3 N–H and O–H groups in total. The molecule has 2 aromatic carbocycles. The van der Waals surface area contributed by atoms with Crippen LogP contribution in [0.5, 0.6) is 0 Å². The summed E-state index contributed by atoms with van der Waals surface area (Å²) in [6.45, 7) is 3.39. The van der Waals surface area contributed by atoms with Gasteiger partial charge in [0.1, 0.15) is 0 Å². The monoisotopic (exact) mass is 284 g/mol. The fourth-order valence-electron chi connectivity index (χ4n) is 2.38. The molecule has 0 aliphatic rings. The van der Waals surface area contributed by atoms with Crippen LogP contribution in [-0.2, 0) is 6.54 Å². The minimum atomic E-state index is -0.485. The van der Waals surface area contributed by atoms with E-state index in [2.05, 4.69) is 17.0 Å². The van der Waals surface area contributed by atoms with Gasteiger partial charge in [0, 0.05) is 19.1 Å². The van der Waals surface area contributed by atoms with E-state index in [9.17, 15) is 5.11 Å². The van der Waals surface area contributed by atoms with Gasteiger partial charge in [-0.05, 0) is 30.7 Å². The molecule has 0 saturated carbocycles. The lowest BCUT2D eigenvalue weighted by Gasteiger charge is -2.21. The SMILES string of the molecule is C[C@H](N)c1ccc(C(O)CN(C)Cc2ccccc2)cc1. The van der Waals surface area contributed by atoms with Crippen LogP contribution in [0.3, 0.4) is 0 Å². The fourth-order valence-corrected chi connectivity index (χ4v) is 2.38. The van der Waals surface area contributed by atoms with E-state index in [0.717, 1.165) is 17.7 Å². The van der Waals surface area contributed by atoms with E-state index in [1.165, 1.54) is 5.56 Å². The van der Waals surface area contributed by atoms with Crippen molar-refractivity contribution in [2.45, 2.75) is 25.6 Å². The van der Waals surface area contributed by atoms with Gasteiger partial charge in [-0.25, -0.2) is 0 Å². The van der Waals surface area contributed by atoms with Crippen LogP contribution in [0.15, 0.2) is 54.6 Å². The molecule has 112 valence electrons. The Balaban J connectivity index is 1.92. The summed E-state index contributed by atoms with van der Waals surface area (Å²) in [6, 6.07) is 18.2. The summed E-state index contributed by atoms with van der Waals surface area (Å²) in [6.07, 6.45) is -0.485. The average Bonchev–Trinajstić information content (AvgIpc) is 2.48. The molecule has 2 atom stereocenters. The summed E-state index contributed by atoms with van der Waals surface area (Å²) < 4.78 is 0. The van der Waals surface area contributed by atoms with Gasteiger partial charge in [0.2, 0.25) is 0 Å². The molecule has 3 nitrogen and oxygen atoms in total. The van der Waals surface area contributed by atoms with Gasteiger partial charge in [-0.1, -0.05) is 54.6 Å². The second-order valence-electron chi connectivity index (χ2n) is 5.65. The van der Waals surface area contributed by atoms with Crippen LogP contribution < -0.4 is 5.73 Å². The third kappa shape index (κ3) is 4.67. The number of aliphatic hydroxyl groups excluding tert-OH is 1. The first-order valence-corrected chi connectivity index (χ1v) is 7.32. The quantitative estimate of drug-likeness (QED) is 0.857. The van der Waals surface area contributed by atoms with Crippen molar-refractivity contribution in [3.05, 3.63) is 71.3 Å². The molecule has 2 rings (SSSR count). The van der Waals surface area contributed by atoms with E-state index in [1.807, 2.05) is 56.4 Å². The molecule has 0 heterocycles. The Kier molecular flexibility index (Phi) is 5.51. The second kappa shape index (κ2) is 7.36. The Morgan fingerprint density at radius 3 is 2.14 bits per heavy atom. The maximum atomic E-state index is 10.3. The number of benzene rings is 2. The topological polar surface area (TPSA) is 49.5 Å². The summed E-state index contributed by atoms with van der Waals surface area (Å²) in [5, 5.41) is 10.3. The minimum absolute atomic E-state index is 0.0250. The number of hydrogen-bond acceptors (Lipinski definition) is 3. The van der Waals surface area contributed by atoms with E-state index < -0.39 is 6.10 Å². The third-order valence-electron chi connectivity index (χ3n) is 3.63. The van der Waals surface area contributed by atoms with Crippen molar-refractivity contribution in [3.8, 4) is 0 Å². The molecule has 0 radical (unpaired) electrons. The highest BCUT2D eigenvalue weighted by Gasteiger charge is 2.11. The summed E-state index contributed by atoms with van der Waals surface area (Å²) >= 11 is 0. The lowest BCUT2D eigenvalue weighted by molar-refractivity contribution is 0.124. The summed E-state index contributed by atoms with van der Waals surface area (Å²) in [5.41, 5.74) is 9.10. The van der Waals surface area contributed by atoms with Gasteiger partial charge in [0.15, 0.2) is 0 Å². The predicted octanol–water partition coefficient (Wildman–Crippen LogP) is 2.87. The van der Waals surface area contributed by atoms with Gasteiger partial charge in [0.25, 0.3) is 0 Å². The van der Waals surface area contributed by atoms with Crippen LogP contribution >= 0.6 is 0 Å². The summed E-state index contributed by atoms with van der Waals surface area (Å²) in [4.78, 5) is 2.12. The highest BCUT2D eigenvalue weighted by Crippen LogP contribution is 2.18. The van der Waals surface area contributed by atoms with Gasteiger partial charge in [-0.15, -0.1) is 0 Å². The van der Waals surface area contributed by atoms with Gasteiger partial charge < -0.3 is 10.8 Å². The van der Waals surface area contributed by atoms with Crippen molar-refractivity contribution in [2.75, 3.05) is 13.6 Å². The molecule has 0 aliphatic carbocycles. The van der Waals surface area contributed by atoms with Crippen molar-refractivity contribution in [2.24, 2.45) is 5.73 Å². The van der Waals surface area contributed by atoms with Gasteiger partial charge in [0.05, 0.1) is 6.10 Å². The van der Waals surface area contributed by atoms with Crippen LogP contribution in [0, 0.1) is 0 Å². The zero-order chi connectivity index (χ0) is 15.2. The number of aliphatic hydroxyl groups is 1. The number of nitrogens with two attached hydrogens (primary N) is 1. The Morgan fingerprint density at radius 1 is 1.00 bits per heavy atom. The largest absolute Gasteiger partial charge is 0.387 e. The molecule has 3 heteroatoms. The first-order chi connectivity index (χ1) is 10.1. The van der Waals surface area contributed by atoms with E-state index in [4.69, 9.17) is 5.73 Å². The molecule has 0 bridgehead atoms. The van der Waals surface area contributed by atoms with Crippen molar-refractivity contribution in [3.63, 3.8) is 0 Å². The molecule has 0 spiro atoms. The summed E-state index contributed by atoms with van der Waals surface area (Å²) in [5.74, 6) is 0. The second-order valence-corrected chi connectivity index (χ2v) is 5.65.